The molecule has 3 aromatic rings. The zero-order valence-corrected chi connectivity index (χ0v) is 14.2. The summed E-state index contributed by atoms with van der Waals surface area (Å²) in [6.45, 7) is 0. The van der Waals surface area contributed by atoms with Crippen molar-refractivity contribution in [2.45, 2.75) is 0 Å². The molecule has 0 spiro atoms. The fraction of sp³-hybridized carbons (Fsp3) is 0. The Hall–Kier alpha value is -1.60. The van der Waals surface area contributed by atoms with Crippen LogP contribution >= 0.6 is 17.9 Å². The van der Waals surface area contributed by atoms with E-state index in [1.165, 1.54) is 0 Å². The van der Waals surface area contributed by atoms with E-state index in [0.29, 0.717) is 10.8 Å². The van der Waals surface area contributed by atoms with Gasteiger partial charge in [-0.3, -0.25) is 0 Å². The molecular weight excluding hydrogens is 331 g/mol. The van der Waals surface area contributed by atoms with E-state index < -0.39 is 6.26 Å². The molecule has 3 rings (SSSR count). The monoisotopic (exact) mass is 344 g/mol. The first kappa shape index (κ1) is 15.3. The third-order valence-electron chi connectivity index (χ3n) is 3.22. The second-order valence-electron chi connectivity index (χ2n) is 4.77. The lowest BCUT2D eigenvalue weighted by Crippen LogP contribution is -2.19. The molecule has 0 saturated heterocycles. The van der Waals surface area contributed by atoms with Crippen molar-refractivity contribution in [1.82, 2.24) is 0 Å². The van der Waals surface area contributed by atoms with E-state index in [0.717, 1.165) is 10.6 Å². The summed E-state index contributed by atoms with van der Waals surface area (Å²) >= 11 is 12.1. The van der Waals surface area contributed by atoms with Crippen molar-refractivity contribution in [1.29, 1.82) is 0 Å². The first-order valence-corrected chi connectivity index (χ1v) is 9.95. The average Bonchev–Trinajstić information content (AvgIpc) is 2.56. The third-order valence-corrected chi connectivity index (χ3v) is 7.37. The molecular formula is C18H14ClOPS. The maximum absolute atomic E-state index is 6.30. The molecule has 22 heavy (non-hydrogen) atoms. The van der Waals surface area contributed by atoms with Crippen LogP contribution < -0.4 is 15.1 Å². The zero-order chi connectivity index (χ0) is 15.4. The molecule has 0 radical (unpaired) electrons. The molecule has 4 heteroatoms. The number of rotatable bonds is 4. The summed E-state index contributed by atoms with van der Waals surface area (Å²) in [5, 5.41) is 2.69. The Morgan fingerprint density at radius 1 is 0.727 bits per heavy atom. The molecule has 0 unspecified atom stereocenters. The molecule has 0 saturated carbocycles. The molecule has 0 aliphatic rings. The van der Waals surface area contributed by atoms with E-state index in [9.17, 15) is 0 Å². The summed E-state index contributed by atoms with van der Waals surface area (Å²) < 4.78 is 6.30. The lowest BCUT2D eigenvalue weighted by molar-refractivity contribution is 0.628. The van der Waals surface area contributed by atoms with Gasteiger partial charge in [0.05, 0.1) is 0 Å². The minimum atomic E-state index is -2.39. The highest BCUT2D eigenvalue weighted by atomic mass is 35.5. The molecule has 1 nitrogen and oxygen atoms in total. The molecule has 0 N–H and O–H groups in total. The van der Waals surface area contributed by atoms with E-state index in [4.69, 9.17) is 27.9 Å². The van der Waals surface area contributed by atoms with E-state index in [1.807, 2.05) is 78.9 Å². The van der Waals surface area contributed by atoms with Gasteiger partial charge in [0.2, 0.25) is 0 Å². The van der Waals surface area contributed by atoms with E-state index in [2.05, 4.69) is 0 Å². The van der Waals surface area contributed by atoms with Crippen LogP contribution in [0.3, 0.4) is 0 Å². The summed E-state index contributed by atoms with van der Waals surface area (Å²) in [5.41, 5.74) is 0. The van der Waals surface area contributed by atoms with Crippen molar-refractivity contribution in [3.8, 4) is 5.75 Å². The Morgan fingerprint density at radius 3 is 1.77 bits per heavy atom. The summed E-state index contributed by atoms with van der Waals surface area (Å²) in [7, 11) is 0. The molecule has 0 aliphatic heterocycles. The Labute approximate surface area is 140 Å². The van der Waals surface area contributed by atoms with Gasteiger partial charge in [-0.2, -0.15) is 0 Å². The summed E-state index contributed by atoms with van der Waals surface area (Å²) in [6.07, 6.45) is -2.39. The van der Waals surface area contributed by atoms with Gasteiger partial charge in [-0.25, -0.2) is 0 Å². The van der Waals surface area contributed by atoms with Crippen LogP contribution in [0.15, 0.2) is 84.9 Å². The number of hydrogen-bond acceptors (Lipinski definition) is 2. The SMILES string of the molecule is S=P(Oc1cccc(Cl)c1)(c1ccccc1)c1ccccc1. The number of benzene rings is 3. The van der Waals surface area contributed by atoms with Crippen molar-refractivity contribution in [2.75, 3.05) is 0 Å². The number of halogens is 1. The normalized spacial score (nSPS) is 11.1. The van der Waals surface area contributed by atoms with E-state index in [1.54, 1.807) is 6.07 Å². The van der Waals surface area contributed by atoms with Crippen molar-refractivity contribution >= 4 is 40.3 Å². The van der Waals surface area contributed by atoms with Crippen molar-refractivity contribution in [3.63, 3.8) is 0 Å². The first-order valence-electron chi connectivity index (χ1n) is 6.85. The molecule has 0 fully saturated rings. The van der Waals surface area contributed by atoms with Crippen LogP contribution in [-0.2, 0) is 11.8 Å². The summed E-state index contributed by atoms with van der Waals surface area (Å²) in [4.78, 5) is 0. The quantitative estimate of drug-likeness (QED) is 0.631. The molecule has 3 aromatic carbocycles. The van der Waals surface area contributed by atoms with Gasteiger partial charge in [0.1, 0.15) is 5.75 Å². The molecule has 0 heterocycles. The highest BCUT2D eigenvalue weighted by molar-refractivity contribution is 8.19. The Balaban J connectivity index is 2.10. The highest BCUT2D eigenvalue weighted by Crippen LogP contribution is 2.45. The van der Waals surface area contributed by atoms with Gasteiger partial charge in [0, 0.05) is 15.6 Å². The van der Waals surface area contributed by atoms with Crippen LogP contribution in [0.25, 0.3) is 0 Å². The van der Waals surface area contributed by atoms with Crippen LogP contribution in [0.4, 0.5) is 0 Å². The molecule has 0 amide bonds. The lowest BCUT2D eigenvalue weighted by atomic mass is 10.3. The van der Waals surface area contributed by atoms with Gasteiger partial charge in [0.25, 0.3) is 0 Å². The summed E-state index contributed by atoms with van der Waals surface area (Å²) in [6, 6.07) is 27.4. The smallest absolute Gasteiger partial charge is 0.171 e. The van der Waals surface area contributed by atoms with Crippen molar-refractivity contribution < 1.29 is 4.52 Å². The maximum atomic E-state index is 6.30. The second kappa shape index (κ2) is 6.66. The maximum Gasteiger partial charge on any atom is 0.171 e. The van der Waals surface area contributed by atoms with Crippen LogP contribution in [0, 0.1) is 0 Å². The minimum absolute atomic E-state index is 0.639. The molecule has 0 aromatic heterocycles. The van der Waals surface area contributed by atoms with E-state index >= 15 is 0 Å². The lowest BCUT2D eigenvalue weighted by Gasteiger charge is -2.24. The largest absolute Gasteiger partial charge is 0.458 e. The van der Waals surface area contributed by atoms with Gasteiger partial charge in [-0.05, 0) is 30.0 Å². The van der Waals surface area contributed by atoms with Crippen LogP contribution in [0.2, 0.25) is 5.02 Å². The third kappa shape index (κ3) is 3.25. The van der Waals surface area contributed by atoms with Gasteiger partial charge in [-0.15, -0.1) is 0 Å². The van der Waals surface area contributed by atoms with Gasteiger partial charge >= 0.3 is 0 Å². The van der Waals surface area contributed by atoms with Gasteiger partial charge < -0.3 is 4.52 Å². The molecule has 0 bridgehead atoms. The summed E-state index contributed by atoms with van der Waals surface area (Å²) in [5.74, 6) is 0.698. The van der Waals surface area contributed by atoms with Crippen LogP contribution in [0.5, 0.6) is 5.75 Å². The highest BCUT2D eigenvalue weighted by Gasteiger charge is 2.24. The minimum Gasteiger partial charge on any atom is -0.458 e. The van der Waals surface area contributed by atoms with Crippen molar-refractivity contribution in [3.05, 3.63) is 90.0 Å². The standard InChI is InChI=1S/C18H14ClOPS/c19-15-8-7-9-16(14-15)20-21(22,17-10-3-1-4-11-17)18-12-5-2-6-13-18/h1-14H. The topological polar surface area (TPSA) is 9.23 Å². The average molecular weight is 345 g/mol. The second-order valence-corrected chi connectivity index (χ2v) is 9.07. The van der Waals surface area contributed by atoms with Crippen LogP contribution in [-0.4, -0.2) is 0 Å². The first-order chi connectivity index (χ1) is 10.7. The zero-order valence-electron chi connectivity index (χ0n) is 11.7. The van der Waals surface area contributed by atoms with Gasteiger partial charge in [0.15, 0.2) is 6.26 Å². The van der Waals surface area contributed by atoms with E-state index in [-0.39, 0.29) is 0 Å². The van der Waals surface area contributed by atoms with Gasteiger partial charge in [-0.1, -0.05) is 78.3 Å². The number of hydrogen-bond donors (Lipinski definition) is 0. The van der Waals surface area contributed by atoms with Crippen LogP contribution in [0.1, 0.15) is 0 Å². The predicted molar refractivity (Wildman–Crippen MR) is 98.5 cm³/mol. The Morgan fingerprint density at radius 2 is 1.27 bits per heavy atom. The Bertz CT molecular complexity index is 762. The fourth-order valence-corrected chi connectivity index (χ4v) is 5.39. The molecule has 0 atom stereocenters. The molecule has 110 valence electrons. The Kier molecular flexibility index (Phi) is 4.63. The molecule has 0 aliphatic carbocycles. The van der Waals surface area contributed by atoms with Crippen molar-refractivity contribution in [2.24, 2.45) is 0 Å². The fourth-order valence-electron chi connectivity index (χ4n) is 2.18. The predicted octanol–water partition coefficient (Wildman–Crippen LogP) is 4.76.